The lowest BCUT2D eigenvalue weighted by atomic mass is 9.80. The number of pyridine rings is 1. The molecule has 5 nitrogen and oxygen atoms in total. The molecule has 3 aromatic rings. The van der Waals surface area contributed by atoms with Crippen molar-refractivity contribution in [2.45, 2.75) is 50.2 Å². The molecule has 1 unspecified atom stereocenters. The zero-order valence-electron chi connectivity index (χ0n) is 20.6. The van der Waals surface area contributed by atoms with Gasteiger partial charge in [-0.1, -0.05) is 66.9 Å². The van der Waals surface area contributed by atoms with Gasteiger partial charge in [0, 0.05) is 25.7 Å². The largest absolute Gasteiger partial charge is 0.461 e. The number of ether oxygens (including phenoxy) is 1. The molecular formula is C28H28ClF4N3O2. The van der Waals surface area contributed by atoms with Crippen molar-refractivity contribution in [3.63, 3.8) is 0 Å². The van der Waals surface area contributed by atoms with E-state index >= 15 is 0 Å². The van der Waals surface area contributed by atoms with Crippen molar-refractivity contribution in [3.05, 3.63) is 94.8 Å². The van der Waals surface area contributed by atoms with Crippen LogP contribution >= 0.6 is 11.6 Å². The minimum atomic E-state index is -4.69. The van der Waals surface area contributed by atoms with Crippen LogP contribution in [0.3, 0.4) is 0 Å². The monoisotopic (exact) mass is 549 g/mol. The van der Waals surface area contributed by atoms with Gasteiger partial charge in [0.2, 0.25) is 0 Å². The number of nitrogens with one attached hydrogen (secondary N) is 1. The van der Waals surface area contributed by atoms with Crippen LogP contribution in [0.1, 0.15) is 42.5 Å². The smallest absolute Gasteiger partial charge is 0.428 e. The molecule has 1 N–H and O–H groups in total. The fraction of sp³-hybridized carbons (Fsp3) is 0.357. The van der Waals surface area contributed by atoms with Crippen molar-refractivity contribution in [2.24, 2.45) is 0 Å². The van der Waals surface area contributed by atoms with Crippen LogP contribution in [-0.2, 0) is 12.0 Å². The van der Waals surface area contributed by atoms with E-state index in [9.17, 15) is 22.4 Å². The fourth-order valence-corrected chi connectivity index (χ4v) is 4.73. The lowest BCUT2D eigenvalue weighted by Crippen LogP contribution is -2.54. The molecule has 1 atom stereocenters. The average Bonchev–Trinajstić information content (AvgIpc) is 3.19. The number of urea groups is 1. The summed E-state index contributed by atoms with van der Waals surface area (Å²) in [5.41, 5.74) is 0.188. The molecule has 38 heavy (non-hydrogen) atoms. The quantitative estimate of drug-likeness (QED) is 0.307. The second-order valence-electron chi connectivity index (χ2n) is 9.25. The third-order valence-corrected chi connectivity index (χ3v) is 6.75. The van der Waals surface area contributed by atoms with Gasteiger partial charge in [-0.15, -0.1) is 0 Å². The van der Waals surface area contributed by atoms with E-state index in [2.05, 4.69) is 15.0 Å². The topological polar surface area (TPSA) is 54.5 Å². The first-order chi connectivity index (χ1) is 18.2. The molecule has 10 heteroatoms. The van der Waals surface area contributed by atoms with E-state index < -0.39 is 23.8 Å². The predicted molar refractivity (Wildman–Crippen MR) is 137 cm³/mol. The van der Waals surface area contributed by atoms with Crippen LogP contribution in [0, 0.1) is 0 Å². The van der Waals surface area contributed by atoms with Crippen molar-refractivity contribution in [2.75, 3.05) is 13.1 Å². The fourth-order valence-electron chi connectivity index (χ4n) is 4.61. The Morgan fingerprint density at radius 3 is 2.34 bits per heavy atom. The van der Waals surface area contributed by atoms with E-state index in [4.69, 9.17) is 11.6 Å². The Balaban J connectivity index is 1.84. The van der Waals surface area contributed by atoms with Crippen LogP contribution in [0.2, 0.25) is 5.02 Å². The number of amides is 2. The number of carbonyl (C=O) groups is 1. The summed E-state index contributed by atoms with van der Waals surface area (Å²) in [4.78, 5) is 19.9. The number of carbonyl (C=O) groups excluding carboxylic acids is 1. The van der Waals surface area contributed by atoms with E-state index in [1.54, 1.807) is 23.1 Å². The molecule has 2 heterocycles. The molecule has 0 bridgehead atoms. The third kappa shape index (κ3) is 6.56. The van der Waals surface area contributed by atoms with Crippen LogP contribution in [0.25, 0.3) is 0 Å². The SMILES string of the molecule is O=C(NC(Cc1ccccc1)(c1cccc(OC(F)(F)C(F)F)c1)c1ccc(Cl)cn1)N1CCCCCC1. The van der Waals surface area contributed by atoms with E-state index in [1.165, 1.54) is 24.4 Å². The highest BCUT2D eigenvalue weighted by molar-refractivity contribution is 6.30. The lowest BCUT2D eigenvalue weighted by molar-refractivity contribution is -0.253. The molecule has 2 amide bonds. The van der Waals surface area contributed by atoms with Crippen molar-refractivity contribution < 1.29 is 27.1 Å². The van der Waals surface area contributed by atoms with Crippen molar-refractivity contribution in [1.82, 2.24) is 15.2 Å². The normalized spacial score (nSPS) is 16.0. The molecule has 1 fully saturated rings. The number of halogens is 5. The zero-order chi connectivity index (χ0) is 27.2. The number of hydrogen-bond acceptors (Lipinski definition) is 3. The van der Waals surface area contributed by atoms with E-state index in [1.807, 2.05) is 30.3 Å². The van der Waals surface area contributed by atoms with Gasteiger partial charge in [-0.05, 0) is 48.2 Å². The summed E-state index contributed by atoms with van der Waals surface area (Å²) in [7, 11) is 0. The molecule has 1 saturated heterocycles. The zero-order valence-corrected chi connectivity index (χ0v) is 21.3. The maximum absolute atomic E-state index is 13.8. The summed E-state index contributed by atoms with van der Waals surface area (Å²) in [6.07, 6.45) is -3.30. The van der Waals surface area contributed by atoms with E-state index in [0.29, 0.717) is 29.4 Å². The van der Waals surface area contributed by atoms with E-state index in [-0.39, 0.29) is 12.5 Å². The second kappa shape index (κ2) is 12.0. The Kier molecular flexibility index (Phi) is 8.76. The molecule has 1 aliphatic heterocycles. The number of nitrogens with zero attached hydrogens (tertiary/aromatic N) is 2. The molecule has 2 aromatic carbocycles. The number of benzene rings is 2. The van der Waals surface area contributed by atoms with Crippen molar-refractivity contribution >= 4 is 17.6 Å². The number of rotatable bonds is 8. The number of aromatic nitrogens is 1. The van der Waals surface area contributed by atoms with Gasteiger partial charge in [-0.25, -0.2) is 4.79 Å². The molecule has 202 valence electrons. The molecule has 1 aliphatic rings. The molecule has 4 rings (SSSR count). The van der Waals surface area contributed by atoms with Gasteiger partial charge in [0.15, 0.2) is 0 Å². The highest BCUT2D eigenvalue weighted by Crippen LogP contribution is 2.37. The summed E-state index contributed by atoms with van der Waals surface area (Å²) < 4.78 is 57.7. The van der Waals surface area contributed by atoms with Crippen molar-refractivity contribution in [1.29, 1.82) is 0 Å². The van der Waals surface area contributed by atoms with Crippen LogP contribution in [0.4, 0.5) is 22.4 Å². The summed E-state index contributed by atoms with van der Waals surface area (Å²) in [6.45, 7) is 1.15. The second-order valence-corrected chi connectivity index (χ2v) is 9.69. The van der Waals surface area contributed by atoms with Crippen molar-refractivity contribution in [3.8, 4) is 5.75 Å². The number of likely N-dealkylation sites (tertiary alicyclic amines) is 1. The Bertz CT molecular complexity index is 1210. The van der Waals surface area contributed by atoms with Crippen LogP contribution in [-0.4, -0.2) is 41.5 Å². The van der Waals surface area contributed by atoms with Gasteiger partial charge in [0.1, 0.15) is 11.3 Å². The maximum atomic E-state index is 13.8. The average molecular weight is 550 g/mol. The van der Waals surface area contributed by atoms with Gasteiger partial charge in [-0.3, -0.25) is 4.98 Å². The Labute approximate surface area is 223 Å². The molecule has 0 radical (unpaired) electrons. The molecule has 1 aromatic heterocycles. The minimum Gasteiger partial charge on any atom is -0.428 e. The Morgan fingerprint density at radius 2 is 1.71 bits per heavy atom. The maximum Gasteiger partial charge on any atom is 0.461 e. The molecular weight excluding hydrogens is 522 g/mol. The first kappa shape index (κ1) is 27.7. The number of alkyl halides is 4. The molecule has 0 spiro atoms. The third-order valence-electron chi connectivity index (χ3n) is 6.53. The lowest BCUT2D eigenvalue weighted by Gasteiger charge is -2.37. The van der Waals surface area contributed by atoms with Gasteiger partial charge in [0.05, 0.1) is 10.7 Å². The summed E-state index contributed by atoms with van der Waals surface area (Å²) in [6, 6.07) is 17.6. The summed E-state index contributed by atoms with van der Waals surface area (Å²) in [5.74, 6) is -0.469. The standard InChI is InChI=1S/C28H28ClF4N3O2/c29-22-13-14-24(34-19-22)27(18-20-9-4-3-5-10-20,35-26(37)36-15-6-1-2-7-16-36)21-11-8-12-23(17-21)38-28(32,33)25(30)31/h3-5,8-14,17,19,25H,1-2,6-7,15-16,18H2,(H,35,37). The Hall–Kier alpha value is -3.33. The Morgan fingerprint density at radius 1 is 1.00 bits per heavy atom. The summed E-state index contributed by atoms with van der Waals surface area (Å²) in [5, 5.41) is 3.50. The van der Waals surface area contributed by atoms with Crippen LogP contribution < -0.4 is 10.1 Å². The van der Waals surface area contributed by atoms with Gasteiger partial charge in [0.25, 0.3) is 0 Å². The first-order valence-electron chi connectivity index (χ1n) is 12.4. The molecule has 0 saturated carbocycles. The number of hydrogen-bond donors (Lipinski definition) is 1. The highest BCUT2D eigenvalue weighted by atomic mass is 35.5. The summed E-state index contributed by atoms with van der Waals surface area (Å²) >= 11 is 6.11. The highest BCUT2D eigenvalue weighted by Gasteiger charge is 2.45. The minimum absolute atomic E-state index is 0.191. The van der Waals surface area contributed by atoms with Gasteiger partial charge < -0.3 is 15.0 Å². The van der Waals surface area contributed by atoms with Crippen LogP contribution in [0.15, 0.2) is 72.9 Å². The predicted octanol–water partition coefficient (Wildman–Crippen LogP) is 7.04. The first-order valence-corrected chi connectivity index (χ1v) is 12.8. The van der Waals surface area contributed by atoms with Crippen LogP contribution in [0.5, 0.6) is 5.75 Å². The van der Waals surface area contributed by atoms with Gasteiger partial charge in [-0.2, -0.15) is 17.6 Å². The molecule has 0 aliphatic carbocycles. The van der Waals surface area contributed by atoms with E-state index in [0.717, 1.165) is 31.2 Å². The van der Waals surface area contributed by atoms with Gasteiger partial charge >= 0.3 is 18.6 Å².